The highest BCUT2D eigenvalue weighted by molar-refractivity contribution is 5.86. The van der Waals surface area contributed by atoms with Gasteiger partial charge in [-0.05, 0) is 32.5 Å². The zero-order valence-electron chi connectivity index (χ0n) is 8.49. The van der Waals surface area contributed by atoms with Crippen LogP contribution in [-0.2, 0) is 4.79 Å². The molecule has 0 N–H and O–H groups in total. The van der Waals surface area contributed by atoms with E-state index < -0.39 is 0 Å². The molecule has 0 aromatic rings. The van der Waals surface area contributed by atoms with Crippen molar-refractivity contribution in [2.45, 2.75) is 18.9 Å². The second kappa shape index (κ2) is 4.42. The highest BCUT2D eigenvalue weighted by Crippen LogP contribution is 2.15. The van der Waals surface area contributed by atoms with Crippen LogP contribution in [0.2, 0.25) is 0 Å². The Morgan fingerprint density at radius 1 is 1.77 bits per heavy atom. The van der Waals surface area contributed by atoms with Crippen LogP contribution in [0.3, 0.4) is 0 Å². The Kier molecular flexibility index (Phi) is 3.48. The van der Waals surface area contributed by atoms with Crippen LogP contribution in [0.15, 0.2) is 12.7 Å². The van der Waals surface area contributed by atoms with Gasteiger partial charge in [-0.1, -0.05) is 6.58 Å². The minimum Gasteiger partial charge on any atom is -0.341 e. The summed E-state index contributed by atoms with van der Waals surface area (Å²) in [6.07, 6.45) is 3.82. The summed E-state index contributed by atoms with van der Waals surface area (Å²) in [6.45, 7) is 5.44. The predicted molar refractivity (Wildman–Crippen MR) is 53.5 cm³/mol. The Balaban J connectivity index is 2.39. The number of rotatable bonds is 3. The molecule has 1 heterocycles. The smallest absolute Gasteiger partial charge is 0.245 e. The zero-order valence-corrected chi connectivity index (χ0v) is 8.49. The maximum Gasteiger partial charge on any atom is 0.245 e. The molecule has 1 aliphatic heterocycles. The number of carbonyl (C=O) groups excluding carboxylic acids is 1. The van der Waals surface area contributed by atoms with E-state index in [2.05, 4.69) is 18.5 Å². The second-order valence-electron chi connectivity index (χ2n) is 3.70. The first-order valence-corrected chi connectivity index (χ1v) is 4.73. The summed E-state index contributed by atoms with van der Waals surface area (Å²) in [6, 6.07) is 0.536. The van der Waals surface area contributed by atoms with Crippen molar-refractivity contribution >= 4 is 5.91 Å². The van der Waals surface area contributed by atoms with Gasteiger partial charge in [0.25, 0.3) is 0 Å². The van der Waals surface area contributed by atoms with E-state index in [9.17, 15) is 4.79 Å². The minimum atomic E-state index is 0.0142. The van der Waals surface area contributed by atoms with Crippen LogP contribution in [0.25, 0.3) is 0 Å². The fraction of sp³-hybridized carbons (Fsp3) is 0.700. The molecule has 1 atom stereocenters. The molecule has 0 bridgehead atoms. The summed E-state index contributed by atoms with van der Waals surface area (Å²) in [5.41, 5.74) is 0. The molecule has 0 aromatic carbocycles. The summed E-state index contributed by atoms with van der Waals surface area (Å²) in [7, 11) is 3.94. The molecule has 0 saturated carbocycles. The number of hydrogen-bond acceptors (Lipinski definition) is 2. The highest BCUT2D eigenvalue weighted by Gasteiger charge is 2.22. The lowest BCUT2D eigenvalue weighted by Crippen LogP contribution is -2.38. The van der Waals surface area contributed by atoms with Gasteiger partial charge in [0.05, 0.1) is 0 Å². The summed E-state index contributed by atoms with van der Waals surface area (Å²) in [5.74, 6) is 0.0142. The number of hydrogen-bond donors (Lipinski definition) is 0. The molecule has 0 aromatic heterocycles. The molecule has 13 heavy (non-hydrogen) atoms. The first-order chi connectivity index (χ1) is 6.15. The third-order valence-electron chi connectivity index (χ3n) is 2.71. The van der Waals surface area contributed by atoms with Crippen molar-refractivity contribution in [3.05, 3.63) is 12.7 Å². The Morgan fingerprint density at radius 3 is 2.92 bits per heavy atom. The molecule has 1 aliphatic rings. The van der Waals surface area contributed by atoms with Crippen LogP contribution in [0.1, 0.15) is 12.8 Å². The molecule has 0 aliphatic carbocycles. The van der Waals surface area contributed by atoms with Crippen molar-refractivity contribution in [3.8, 4) is 0 Å². The van der Waals surface area contributed by atoms with Crippen LogP contribution in [0, 0.1) is 0 Å². The monoisotopic (exact) mass is 182 g/mol. The van der Waals surface area contributed by atoms with Crippen LogP contribution < -0.4 is 0 Å². The van der Waals surface area contributed by atoms with Crippen molar-refractivity contribution in [3.63, 3.8) is 0 Å². The second-order valence-corrected chi connectivity index (χ2v) is 3.70. The normalized spacial score (nSPS) is 23.1. The molecule has 0 radical (unpaired) electrons. The van der Waals surface area contributed by atoms with E-state index >= 15 is 0 Å². The van der Waals surface area contributed by atoms with E-state index in [1.54, 1.807) is 4.90 Å². The average molecular weight is 182 g/mol. The molecule has 0 spiro atoms. The molecule has 1 fully saturated rings. The summed E-state index contributed by atoms with van der Waals surface area (Å²) >= 11 is 0. The number of carbonyl (C=O) groups is 1. The zero-order chi connectivity index (χ0) is 9.84. The Bertz CT molecular complexity index is 203. The van der Waals surface area contributed by atoms with E-state index in [1.165, 1.54) is 18.9 Å². The molecular formula is C10H18N2O. The summed E-state index contributed by atoms with van der Waals surface area (Å²) in [4.78, 5) is 15.2. The quantitative estimate of drug-likeness (QED) is 0.601. The van der Waals surface area contributed by atoms with Gasteiger partial charge in [0.1, 0.15) is 0 Å². The fourth-order valence-corrected chi connectivity index (χ4v) is 1.77. The molecule has 1 unspecified atom stereocenters. The minimum absolute atomic E-state index is 0.0142. The van der Waals surface area contributed by atoms with Gasteiger partial charge < -0.3 is 9.80 Å². The SMILES string of the molecule is C=CC(=O)N(C)CC1CCCN1C. The van der Waals surface area contributed by atoms with E-state index in [-0.39, 0.29) is 5.91 Å². The molecule has 1 rings (SSSR count). The lowest BCUT2D eigenvalue weighted by Gasteiger charge is -2.24. The van der Waals surface area contributed by atoms with Gasteiger partial charge in [0, 0.05) is 19.6 Å². The third kappa shape index (κ3) is 2.56. The van der Waals surface area contributed by atoms with Crippen LogP contribution in [0.5, 0.6) is 0 Å². The standard InChI is InChI=1S/C10H18N2O/c1-4-10(13)12(3)8-9-6-5-7-11(9)2/h4,9H,1,5-8H2,2-3H3. The lowest BCUT2D eigenvalue weighted by molar-refractivity contribution is -0.125. The highest BCUT2D eigenvalue weighted by atomic mass is 16.2. The van der Waals surface area contributed by atoms with Gasteiger partial charge in [0.2, 0.25) is 5.91 Å². The van der Waals surface area contributed by atoms with Gasteiger partial charge in [-0.15, -0.1) is 0 Å². The first-order valence-electron chi connectivity index (χ1n) is 4.73. The average Bonchev–Trinajstić information content (AvgIpc) is 2.50. The van der Waals surface area contributed by atoms with E-state index in [0.717, 1.165) is 13.1 Å². The number of likely N-dealkylation sites (tertiary alicyclic amines) is 1. The maximum atomic E-state index is 11.2. The molecule has 1 saturated heterocycles. The molecule has 3 nitrogen and oxygen atoms in total. The van der Waals surface area contributed by atoms with Crippen molar-refractivity contribution in [1.82, 2.24) is 9.80 Å². The molecule has 74 valence electrons. The number of likely N-dealkylation sites (N-methyl/N-ethyl adjacent to an activating group) is 2. The lowest BCUT2D eigenvalue weighted by atomic mass is 10.2. The summed E-state index contributed by atoms with van der Waals surface area (Å²) < 4.78 is 0. The van der Waals surface area contributed by atoms with E-state index in [0.29, 0.717) is 6.04 Å². The van der Waals surface area contributed by atoms with Crippen LogP contribution >= 0.6 is 0 Å². The van der Waals surface area contributed by atoms with E-state index in [1.807, 2.05) is 7.05 Å². The van der Waals surface area contributed by atoms with Crippen molar-refractivity contribution in [1.29, 1.82) is 0 Å². The van der Waals surface area contributed by atoms with Crippen molar-refractivity contribution in [2.24, 2.45) is 0 Å². The third-order valence-corrected chi connectivity index (χ3v) is 2.71. The largest absolute Gasteiger partial charge is 0.341 e. The van der Waals surface area contributed by atoms with Gasteiger partial charge in [-0.2, -0.15) is 0 Å². The molecular weight excluding hydrogens is 164 g/mol. The Hall–Kier alpha value is -0.830. The van der Waals surface area contributed by atoms with Crippen molar-refractivity contribution in [2.75, 3.05) is 27.2 Å². The topological polar surface area (TPSA) is 23.6 Å². The van der Waals surface area contributed by atoms with Gasteiger partial charge >= 0.3 is 0 Å². The fourth-order valence-electron chi connectivity index (χ4n) is 1.77. The number of nitrogens with zero attached hydrogens (tertiary/aromatic N) is 2. The van der Waals surface area contributed by atoms with Crippen LogP contribution in [0.4, 0.5) is 0 Å². The summed E-state index contributed by atoms with van der Waals surface area (Å²) in [5, 5.41) is 0. The first kappa shape index (κ1) is 10.3. The van der Waals surface area contributed by atoms with E-state index in [4.69, 9.17) is 0 Å². The Morgan fingerprint density at radius 2 is 2.46 bits per heavy atom. The van der Waals surface area contributed by atoms with Gasteiger partial charge in [0.15, 0.2) is 0 Å². The molecule has 3 heteroatoms. The number of amides is 1. The maximum absolute atomic E-state index is 11.2. The predicted octanol–water partition coefficient (Wildman–Crippen LogP) is 0.725. The van der Waals surface area contributed by atoms with Gasteiger partial charge in [-0.25, -0.2) is 0 Å². The molecule has 1 amide bonds. The van der Waals surface area contributed by atoms with Gasteiger partial charge in [-0.3, -0.25) is 4.79 Å². The van der Waals surface area contributed by atoms with Crippen molar-refractivity contribution < 1.29 is 4.79 Å². The van der Waals surface area contributed by atoms with Crippen LogP contribution in [-0.4, -0.2) is 48.9 Å². The Labute approximate surface area is 80.0 Å².